The van der Waals surface area contributed by atoms with E-state index in [1.54, 1.807) is 0 Å². The summed E-state index contributed by atoms with van der Waals surface area (Å²) in [6.07, 6.45) is 0. The molecule has 0 unspecified atom stereocenters. The summed E-state index contributed by atoms with van der Waals surface area (Å²) in [6, 6.07) is 30.9. The maximum absolute atomic E-state index is 6.57. The van der Waals surface area contributed by atoms with Crippen molar-refractivity contribution in [2.75, 3.05) is 4.90 Å². The lowest BCUT2D eigenvalue weighted by molar-refractivity contribution is 0.00578. The van der Waals surface area contributed by atoms with Crippen LogP contribution in [0.25, 0.3) is 20.2 Å². The van der Waals surface area contributed by atoms with Crippen molar-refractivity contribution in [3.05, 3.63) is 96.1 Å². The zero-order chi connectivity index (χ0) is 26.4. The standard InChI is InChI=1S/C33H32BNO2S/c1-31(2)21-13-7-9-16-24(21)35(25-17-10-8-14-22(25)31)26-18-12-20-28-30(26)29-23(15-11-19-27(29)38-28)34-36-32(3,4)33(5,6)37-34/h7-20H,1-6H3. The topological polar surface area (TPSA) is 21.7 Å². The van der Waals surface area contributed by atoms with Crippen molar-refractivity contribution in [2.24, 2.45) is 0 Å². The van der Waals surface area contributed by atoms with Crippen LogP contribution in [-0.4, -0.2) is 18.3 Å². The Kier molecular flexibility index (Phi) is 5.01. The number of nitrogens with zero attached hydrogens (tertiary/aromatic N) is 1. The van der Waals surface area contributed by atoms with Gasteiger partial charge in [-0.1, -0.05) is 68.4 Å². The molecule has 5 heteroatoms. The SMILES string of the molecule is CC1(C)c2ccccc2N(c2cccc3sc4cccc(B5OC(C)(C)C(C)(C)O5)c4c23)c2ccccc21. The second kappa shape index (κ2) is 7.95. The Hall–Kier alpha value is -3.12. The van der Waals surface area contributed by atoms with Crippen LogP contribution in [0.2, 0.25) is 0 Å². The molecule has 0 bridgehead atoms. The van der Waals surface area contributed by atoms with Crippen molar-refractivity contribution in [3.63, 3.8) is 0 Å². The number of hydrogen-bond donors (Lipinski definition) is 0. The summed E-state index contributed by atoms with van der Waals surface area (Å²) in [7, 11) is -0.422. The van der Waals surface area contributed by atoms with Gasteiger partial charge in [-0.25, -0.2) is 0 Å². The van der Waals surface area contributed by atoms with E-state index >= 15 is 0 Å². The molecule has 1 saturated heterocycles. The van der Waals surface area contributed by atoms with E-state index in [1.807, 2.05) is 11.3 Å². The quantitative estimate of drug-likeness (QED) is 0.219. The Morgan fingerprint density at radius 1 is 0.579 bits per heavy atom. The Morgan fingerprint density at radius 2 is 1.08 bits per heavy atom. The first-order chi connectivity index (χ1) is 18.1. The van der Waals surface area contributed by atoms with E-state index in [4.69, 9.17) is 9.31 Å². The monoisotopic (exact) mass is 517 g/mol. The third kappa shape index (κ3) is 3.22. The van der Waals surface area contributed by atoms with Crippen molar-refractivity contribution >= 4 is 61.2 Å². The number of rotatable bonds is 2. The van der Waals surface area contributed by atoms with Gasteiger partial charge in [0.2, 0.25) is 0 Å². The van der Waals surface area contributed by atoms with E-state index in [2.05, 4.69) is 131 Å². The van der Waals surface area contributed by atoms with Gasteiger partial charge in [-0.05, 0) is 74.6 Å². The van der Waals surface area contributed by atoms with Gasteiger partial charge in [-0.3, -0.25) is 0 Å². The molecule has 4 aromatic carbocycles. The normalized spacial score (nSPS) is 19.1. The fourth-order valence-corrected chi connectivity index (χ4v) is 7.32. The summed E-state index contributed by atoms with van der Waals surface area (Å²) in [5.74, 6) is 0. The minimum absolute atomic E-state index is 0.0951. The van der Waals surface area contributed by atoms with Crippen LogP contribution in [-0.2, 0) is 14.7 Å². The van der Waals surface area contributed by atoms with E-state index in [9.17, 15) is 0 Å². The molecule has 38 heavy (non-hydrogen) atoms. The van der Waals surface area contributed by atoms with Gasteiger partial charge in [0.15, 0.2) is 0 Å². The van der Waals surface area contributed by atoms with Crippen LogP contribution in [0, 0.1) is 0 Å². The first kappa shape index (κ1) is 24.0. The number of thiophene rings is 1. The molecule has 2 aliphatic heterocycles. The highest BCUT2D eigenvalue weighted by Crippen LogP contribution is 2.54. The van der Waals surface area contributed by atoms with Gasteiger partial charge in [-0.2, -0.15) is 0 Å². The van der Waals surface area contributed by atoms with Gasteiger partial charge in [-0.15, -0.1) is 11.3 Å². The lowest BCUT2D eigenvalue weighted by atomic mass is 9.73. The minimum Gasteiger partial charge on any atom is -0.399 e. The molecule has 0 saturated carbocycles. The summed E-state index contributed by atoms with van der Waals surface area (Å²) >= 11 is 1.84. The third-order valence-electron chi connectivity index (χ3n) is 8.92. The molecule has 2 aliphatic rings. The molecule has 3 heterocycles. The molecule has 0 amide bonds. The third-order valence-corrected chi connectivity index (χ3v) is 10.0. The van der Waals surface area contributed by atoms with Crippen LogP contribution in [0.15, 0.2) is 84.9 Å². The van der Waals surface area contributed by atoms with Crippen LogP contribution in [0.3, 0.4) is 0 Å². The second-order valence-corrected chi connectivity index (χ2v) is 13.1. The minimum atomic E-state index is -0.422. The summed E-state index contributed by atoms with van der Waals surface area (Å²) in [5.41, 5.74) is 6.53. The van der Waals surface area contributed by atoms with Gasteiger partial charge < -0.3 is 14.2 Å². The molecular weight excluding hydrogens is 485 g/mol. The van der Waals surface area contributed by atoms with Crippen LogP contribution in [0.5, 0.6) is 0 Å². The van der Waals surface area contributed by atoms with E-state index in [0.29, 0.717) is 0 Å². The highest BCUT2D eigenvalue weighted by molar-refractivity contribution is 7.26. The zero-order valence-electron chi connectivity index (χ0n) is 22.8. The van der Waals surface area contributed by atoms with Crippen molar-refractivity contribution in [1.82, 2.24) is 0 Å². The average molecular weight is 518 g/mol. The molecule has 3 nitrogen and oxygen atoms in total. The fraction of sp³-hybridized carbons (Fsp3) is 0.273. The molecule has 7 rings (SSSR count). The van der Waals surface area contributed by atoms with Gasteiger partial charge in [0.1, 0.15) is 0 Å². The van der Waals surface area contributed by atoms with Gasteiger partial charge >= 0.3 is 7.12 Å². The molecular formula is C33H32BNO2S. The van der Waals surface area contributed by atoms with Crippen LogP contribution < -0.4 is 10.4 Å². The number of para-hydroxylation sites is 2. The molecule has 0 spiro atoms. The molecule has 1 fully saturated rings. The van der Waals surface area contributed by atoms with E-state index in [-0.39, 0.29) is 5.41 Å². The summed E-state index contributed by atoms with van der Waals surface area (Å²) in [4.78, 5) is 2.46. The summed E-state index contributed by atoms with van der Waals surface area (Å²) in [5, 5.41) is 2.48. The molecule has 0 radical (unpaired) electrons. The van der Waals surface area contributed by atoms with Crippen molar-refractivity contribution in [3.8, 4) is 0 Å². The zero-order valence-corrected chi connectivity index (χ0v) is 23.6. The van der Waals surface area contributed by atoms with E-state index in [1.165, 1.54) is 48.4 Å². The lowest BCUT2D eigenvalue weighted by Gasteiger charge is -2.42. The summed E-state index contributed by atoms with van der Waals surface area (Å²) < 4.78 is 15.7. The molecule has 0 aliphatic carbocycles. The smallest absolute Gasteiger partial charge is 0.399 e. The maximum atomic E-state index is 6.57. The van der Waals surface area contributed by atoms with Gasteiger partial charge in [0, 0.05) is 25.6 Å². The predicted molar refractivity (Wildman–Crippen MR) is 162 cm³/mol. The second-order valence-electron chi connectivity index (χ2n) is 12.1. The van der Waals surface area contributed by atoms with Crippen molar-refractivity contribution in [1.29, 1.82) is 0 Å². The molecule has 0 N–H and O–H groups in total. The fourth-order valence-electron chi connectivity index (χ4n) is 6.16. The lowest BCUT2D eigenvalue weighted by Crippen LogP contribution is -2.41. The van der Waals surface area contributed by atoms with Gasteiger partial charge in [0.05, 0.1) is 28.3 Å². The number of fused-ring (bicyclic) bond motifs is 5. The maximum Gasteiger partial charge on any atom is 0.495 e. The summed E-state index contributed by atoms with van der Waals surface area (Å²) in [6.45, 7) is 13.1. The van der Waals surface area contributed by atoms with Crippen LogP contribution in [0.1, 0.15) is 52.7 Å². The first-order valence-electron chi connectivity index (χ1n) is 13.4. The van der Waals surface area contributed by atoms with E-state index < -0.39 is 18.3 Å². The Balaban J connectivity index is 1.53. The predicted octanol–water partition coefficient (Wildman–Crippen LogP) is 8.46. The van der Waals surface area contributed by atoms with E-state index in [0.717, 1.165) is 5.46 Å². The Labute approximate surface area is 229 Å². The molecule has 190 valence electrons. The largest absolute Gasteiger partial charge is 0.495 e. The Bertz CT molecular complexity index is 1670. The highest BCUT2D eigenvalue weighted by atomic mass is 32.1. The number of benzene rings is 4. The first-order valence-corrected chi connectivity index (χ1v) is 14.2. The number of hydrogen-bond acceptors (Lipinski definition) is 4. The molecule has 5 aromatic rings. The van der Waals surface area contributed by atoms with Crippen LogP contribution >= 0.6 is 11.3 Å². The van der Waals surface area contributed by atoms with Crippen LogP contribution in [0.4, 0.5) is 17.1 Å². The molecule has 1 aromatic heterocycles. The Morgan fingerprint density at radius 3 is 1.68 bits per heavy atom. The van der Waals surface area contributed by atoms with Gasteiger partial charge in [0.25, 0.3) is 0 Å². The van der Waals surface area contributed by atoms with Crippen molar-refractivity contribution in [2.45, 2.75) is 58.2 Å². The highest BCUT2D eigenvalue weighted by Gasteiger charge is 2.52. The average Bonchev–Trinajstić information content (AvgIpc) is 3.37. The van der Waals surface area contributed by atoms with Crippen molar-refractivity contribution < 1.29 is 9.31 Å². The molecule has 0 atom stereocenters. The number of anilines is 3.